The molecule has 0 aliphatic heterocycles. The van der Waals surface area contributed by atoms with E-state index in [0.717, 1.165) is 24.4 Å². The second-order valence-electron chi connectivity index (χ2n) is 5.60. The number of aromatic nitrogens is 2. The average Bonchev–Trinajstić information content (AvgIpc) is 2.91. The lowest BCUT2D eigenvalue weighted by Gasteiger charge is -2.27. The van der Waals surface area contributed by atoms with E-state index in [4.69, 9.17) is 4.74 Å². The quantitative estimate of drug-likeness (QED) is 0.918. The summed E-state index contributed by atoms with van der Waals surface area (Å²) >= 11 is 0. The maximum atomic E-state index is 6.03. The summed E-state index contributed by atoms with van der Waals surface area (Å²) in [4.78, 5) is 0. The van der Waals surface area contributed by atoms with Gasteiger partial charge in [-0.05, 0) is 49.1 Å². The zero-order chi connectivity index (χ0) is 14.7. The van der Waals surface area contributed by atoms with Crippen LogP contribution in [-0.4, -0.2) is 16.3 Å². The number of benzene rings is 1. The molecule has 0 spiro atoms. The average molecular weight is 285 g/mol. The van der Waals surface area contributed by atoms with Crippen molar-refractivity contribution in [2.75, 3.05) is 6.54 Å². The highest BCUT2D eigenvalue weighted by molar-refractivity contribution is 5.43. The van der Waals surface area contributed by atoms with Crippen LogP contribution in [-0.2, 0) is 20.1 Å². The highest BCUT2D eigenvalue weighted by Crippen LogP contribution is 2.35. The van der Waals surface area contributed by atoms with Gasteiger partial charge in [0.05, 0.1) is 5.69 Å². The van der Waals surface area contributed by atoms with E-state index in [9.17, 15) is 0 Å². The fraction of sp³-hybridized carbons (Fsp3) is 0.471. The molecule has 4 heteroatoms. The summed E-state index contributed by atoms with van der Waals surface area (Å²) in [5.74, 6) is 1.01. The molecule has 1 aliphatic rings. The third kappa shape index (κ3) is 3.10. The molecule has 0 amide bonds. The number of hydrogen-bond acceptors (Lipinski definition) is 3. The molecule has 3 rings (SSSR count). The summed E-state index contributed by atoms with van der Waals surface area (Å²) in [6, 6.07) is 8.88. The Labute approximate surface area is 126 Å². The van der Waals surface area contributed by atoms with E-state index in [1.54, 1.807) is 4.68 Å². The number of aryl methyl sites for hydroxylation is 1. The van der Waals surface area contributed by atoms with Crippen LogP contribution < -0.4 is 10.1 Å². The SMILES string of the molecule is CCNC1CCCc2c(OCc3ccn(C)n3)cccc21. The van der Waals surface area contributed by atoms with Gasteiger partial charge in [-0.25, -0.2) is 0 Å². The van der Waals surface area contributed by atoms with Crippen molar-refractivity contribution in [3.8, 4) is 5.75 Å². The number of ether oxygens (including phenoxy) is 1. The Morgan fingerprint density at radius 1 is 1.38 bits per heavy atom. The van der Waals surface area contributed by atoms with Gasteiger partial charge in [0.1, 0.15) is 12.4 Å². The number of nitrogens with zero attached hydrogens (tertiary/aromatic N) is 2. The van der Waals surface area contributed by atoms with Gasteiger partial charge in [0.2, 0.25) is 0 Å². The molecule has 1 unspecified atom stereocenters. The van der Waals surface area contributed by atoms with E-state index < -0.39 is 0 Å². The normalized spacial score (nSPS) is 17.5. The van der Waals surface area contributed by atoms with Crippen molar-refractivity contribution in [1.82, 2.24) is 15.1 Å². The van der Waals surface area contributed by atoms with Crippen LogP contribution in [0, 0.1) is 0 Å². The molecule has 1 heterocycles. The highest BCUT2D eigenvalue weighted by Gasteiger charge is 2.22. The van der Waals surface area contributed by atoms with E-state index in [1.807, 2.05) is 19.3 Å². The van der Waals surface area contributed by atoms with E-state index in [0.29, 0.717) is 12.6 Å². The number of nitrogens with one attached hydrogen (secondary N) is 1. The second-order valence-corrected chi connectivity index (χ2v) is 5.60. The lowest BCUT2D eigenvalue weighted by Crippen LogP contribution is -2.25. The molecule has 0 saturated heterocycles. The summed E-state index contributed by atoms with van der Waals surface area (Å²) < 4.78 is 7.83. The Bertz CT molecular complexity index is 606. The first-order valence-electron chi connectivity index (χ1n) is 7.74. The lowest BCUT2D eigenvalue weighted by atomic mass is 9.87. The molecule has 1 aromatic carbocycles. The molecule has 1 aliphatic carbocycles. The van der Waals surface area contributed by atoms with E-state index in [1.165, 1.54) is 24.0 Å². The van der Waals surface area contributed by atoms with Crippen molar-refractivity contribution in [1.29, 1.82) is 0 Å². The first kappa shape index (κ1) is 14.1. The molecule has 2 aromatic rings. The number of rotatable bonds is 5. The van der Waals surface area contributed by atoms with E-state index in [-0.39, 0.29) is 0 Å². The third-order valence-corrected chi connectivity index (χ3v) is 4.06. The van der Waals surface area contributed by atoms with Crippen LogP contribution in [0.15, 0.2) is 30.5 Å². The van der Waals surface area contributed by atoms with Crippen LogP contribution in [0.1, 0.15) is 42.6 Å². The first-order chi connectivity index (χ1) is 10.3. The highest BCUT2D eigenvalue weighted by atomic mass is 16.5. The van der Waals surface area contributed by atoms with Gasteiger partial charge in [0.15, 0.2) is 0 Å². The standard InChI is InChI=1S/C17H23N3O/c1-3-18-16-8-4-7-15-14(16)6-5-9-17(15)21-12-13-10-11-20(2)19-13/h5-6,9-11,16,18H,3-4,7-8,12H2,1-2H3. The first-order valence-corrected chi connectivity index (χ1v) is 7.74. The molecule has 0 saturated carbocycles. The largest absolute Gasteiger partial charge is 0.487 e. The van der Waals surface area contributed by atoms with Crippen LogP contribution in [0.5, 0.6) is 5.75 Å². The topological polar surface area (TPSA) is 39.1 Å². The molecule has 1 aromatic heterocycles. The van der Waals surface area contributed by atoms with Gasteiger partial charge in [0, 0.05) is 19.3 Å². The Morgan fingerprint density at radius 2 is 2.29 bits per heavy atom. The van der Waals surface area contributed by atoms with Crippen molar-refractivity contribution in [2.45, 2.75) is 38.8 Å². The molecule has 1 N–H and O–H groups in total. The molecule has 21 heavy (non-hydrogen) atoms. The van der Waals surface area contributed by atoms with Gasteiger partial charge in [-0.2, -0.15) is 5.10 Å². The van der Waals surface area contributed by atoms with Crippen LogP contribution in [0.4, 0.5) is 0 Å². The molecular formula is C17H23N3O. The molecule has 0 radical (unpaired) electrons. The molecule has 0 bridgehead atoms. The third-order valence-electron chi connectivity index (χ3n) is 4.06. The van der Waals surface area contributed by atoms with Crippen LogP contribution >= 0.6 is 0 Å². The monoisotopic (exact) mass is 285 g/mol. The van der Waals surface area contributed by atoms with Crippen LogP contribution in [0.3, 0.4) is 0 Å². The van der Waals surface area contributed by atoms with Crippen LogP contribution in [0.25, 0.3) is 0 Å². The van der Waals surface area contributed by atoms with Crippen LogP contribution in [0.2, 0.25) is 0 Å². The van der Waals surface area contributed by atoms with E-state index >= 15 is 0 Å². The molecular weight excluding hydrogens is 262 g/mol. The summed E-state index contributed by atoms with van der Waals surface area (Å²) in [6.45, 7) is 3.70. The Hall–Kier alpha value is -1.81. The van der Waals surface area contributed by atoms with Gasteiger partial charge in [0.25, 0.3) is 0 Å². The molecule has 0 fully saturated rings. The minimum absolute atomic E-state index is 0.470. The molecule has 112 valence electrons. The molecule has 4 nitrogen and oxygen atoms in total. The Kier molecular flexibility index (Phi) is 4.25. The minimum atomic E-state index is 0.470. The van der Waals surface area contributed by atoms with Gasteiger partial charge in [-0.15, -0.1) is 0 Å². The summed E-state index contributed by atoms with van der Waals surface area (Å²) in [5.41, 5.74) is 3.74. The van der Waals surface area contributed by atoms with Crippen molar-refractivity contribution in [3.63, 3.8) is 0 Å². The van der Waals surface area contributed by atoms with Gasteiger partial charge in [-0.3, -0.25) is 4.68 Å². The Balaban J connectivity index is 1.78. The lowest BCUT2D eigenvalue weighted by molar-refractivity contribution is 0.293. The Morgan fingerprint density at radius 3 is 3.05 bits per heavy atom. The van der Waals surface area contributed by atoms with Gasteiger partial charge < -0.3 is 10.1 Å². The maximum absolute atomic E-state index is 6.03. The minimum Gasteiger partial charge on any atom is -0.487 e. The second kappa shape index (κ2) is 6.31. The fourth-order valence-corrected chi connectivity index (χ4v) is 3.10. The predicted octanol–water partition coefficient (Wildman–Crippen LogP) is 2.99. The number of hydrogen-bond donors (Lipinski definition) is 1. The zero-order valence-corrected chi connectivity index (χ0v) is 12.8. The molecule has 1 atom stereocenters. The van der Waals surface area contributed by atoms with Crippen molar-refractivity contribution >= 4 is 0 Å². The summed E-state index contributed by atoms with van der Waals surface area (Å²) in [6.07, 6.45) is 5.48. The summed E-state index contributed by atoms with van der Waals surface area (Å²) in [7, 11) is 1.93. The maximum Gasteiger partial charge on any atom is 0.132 e. The smallest absolute Gasteiger partial charge is 0.132 e. The fourth-order valence-electron chi connectivity index (χ4n) is 3.10. The summed E-state index contributed by atoms with van der Waals surface area (Å²) in [5, 5.41) is 7.94. The van der Waals surface area contributed by atoms with Gasteiger partial charge in [-0.1, -0.05) is 19.1 Å². The van der Waals surface area contributed by atoms with Crippen molar-refractivity contribution in [3.05, 3.63) is 47.3 Å². The number of fused-ring (bicyclic) bond motifs is 1. The predicted molar refractivity (Wildman–Crippen MR) is 83.3 cm³/mol. The zero-order valence-electron chi connectivity index (χ0n) is 12.8. The van der Waals surface area contributed by atoms with E-state index in [2.05, 4.69) is 35.5 Å². The van der Waals surface area contributed by atoms with Crippen molar-refractivity contribution < 1.29 is 4.74 Å². The van der Waals surface area contributed by atoms with Crippen molar-refractivity contribution in [2.24, 2.45) is 7.05 Å². The van der Waals surface area contributed by atoms with Gasteiger partial charge >= 0.3 is 0 Å².